The lowest BCUT2D eigenvalue weighted by Gasteiger charge is -2.10. The lowest BCUT2D eigenvalue weighted by Crippen LogP contribution is -2.01. The van der Waals surface area contributed by atoms with Crippen molar-refractivity contribution in [2.75, 3.05) is 12.4 Å². The third-order valence-corrected chi connectivity index (χ3v) is 3.04. The third-order valence-electron chi connectivity index (χ3n) is 3.04. The van der Waals surface area contributed by atoms with Crippen LogP contribution in [0.15, 0.2) is 42.5 Å². The lowest BCUT2D eigenvalue weighted by atomic mass is 10.1. The number of rotatable bonds is 5. The molecule has 2 aromatic carbocycles. The van der Waals surface area contributed by atoms with E-state index < -0.39 is 0 Å². The van der Waals surface area contributed by atoms with Gasteiger partial charge in [0.05, 0.1) is 6.61 Å². The predicted molar refractivity (Wildman–Crippen MR) is 77.3 cm³/mol. The van der Waals surface area contributed by atoms with E-state index in [1.807, 2.05) is 43.3 Å². The first-order valence-electron chi connectivity index (χ1n) is 6.30. The molecule has 0 aliphatic carbocycles. The maximum Gasteiger partial charge on any atom is 0.123 e. The van der Waals surface area contributed by atoms with E-state index in [-0.39, 0.29) is 0 Å². The summed E-state index contributed by atoms with van der Waals surface area (Å²) in [6, 6.07) is 13.9. The normalized spacial score (nSPS) is 10.4. The number of para-hydroxylation sites is 1. The van der Waals surface area contributed by atoms with E-state index in [0.717, 1.165) is 22.4 Å². The van der Waals surface area contributed by atoms with Gasteiger partial charge in [0.25, 0.3) is 0 Å². The van der Waals surface area contributed by atoms with Crippen LogP contribution in [0.4, 0.5) is 5.69 Å². The second-order valence-electron chi connectivity index (χ2n) is 4.57. The van der Waals surface area contributed by atoms with Crippen LogP contribution in [-0.4, -0.2) is 12.2 Å². The van der Waals surface area contributed by atoms with Crippen molar-refractivity contribution >= 4 is 5.69 Å². The van der Waals surface area contributed by atoms with Crippen molar-refractivity contribution in [2.45, 2.75) is 20.1 Å². The molecule has 0 bridgehead atoms. The Morgan fingerprint density at radius 3 is 2.74 bits per heavy atom. The van der Waals surface area contributed by atoms with E-state index in [1.165, 1.54) is 0 Å². The molecule has 2 aromatic rings. The van der Waals surface area contributed by atoms with Gasteiger partial charge in [-0.15, -0.1) is 0 Å². The maximum absolute atomic E-state index is 9.95. The Morgan fingerprint density at radius 1 is 1.16 bits per heavy atom. The summed E-state index contributed by atoms with van der Waals surface area (Å²) in [7, 11) is 1.69. The molecule has 0 saturated heterocycles. The summed E-state index contributed by atoms with van der Waals surface area (Å²) in [4.78, 5) is 0. The van der Waals surface area contributed by atoms with Gasteiger partial charge in [0.2, 0.25) is 0 Å². The average Bonchev–Trinajstić information content (AvgIpc) is 2.41. The zero-order chi connectivity index (χ0) is 13.7. The molecular formula is C16H19NO2. The number of benzene rings is 2. The molecule has 0 saturated carbocycles. The second-order valence-corrected chi connectivity index (χ2v) is 4.57. The fourth-order valence-corrected chi connectivity index (χ4v) is 2.00. The van der Waals surface area contributed by atoms with Gasteiger partial charge in [-0.1, -0.05) is 30.3 Å². The minimum atomic E-state index is 0.364. The van der Waals surface area contributed by atoms with Crippen LogP contribution < -0.4 is 5.32 Å². The van der Waals surface area contributed by atoms with Crippen molar-refractivity contribution in [3.8, 4) is 5.75 Å². The molecule has 0 amide bonds. The minimum absolute atomic E-state index is 0.364. The number of hydrogen-bond donors (Lipinski definition) is 2. The number of aryl methyl sites for hydroxylation is 1. The smallest absolute Gasteiger partial charge is 0.123 e. The molecule has 0 aliphatic heterocycles. The van der Waals surface area contributed by atoms with Gasteiger partial charge in [0.15, 0.2) is 0 Å². The van der Waals surface area contributed by atoms with Crippen molar-refractivity contribution in [1.29, 1.82) is 0 Å². The Kier molecular flexibility index (Phi) is 4.42. The van der Waals surface area contributed by atoms with Crippen molar-refractivity contribution < 1.29 is 9.84 Å². The molecule has 3 heteroatoms. The number of phenolic OH excluding ortho intramolecular Hbond substituents is 1. The molecule has 0 atom stereocenters. The van der Waals surface area contributed by atoms with Gasteiger partial charge in [-0.2, -0.15) is 0 Å². The SMILES string of the molecule is COCc1cccc(NCc2cccc(C)c2O)c1. The molecule has 0 fully saturated rings. The number of aromatic hydroxyl groups is 1. The Morgan fingerprint density at radius 2 is 1.95 bits per heavy atom. The molecular weight excluding hydrogens is 238 g/mol. The Hall–Kier alpha value is -2.00. The molecule has 2 rings (SSSR count). The summed E-state index contributed by atoms with van der Waals surface area (Å²) in [5, 5.41) is 13.3. The van der Waals surface area contributed by atoms with Crippen LogP contribution in [0.1, 0.15) is 16.7 Å². The second kappa shape index (κ2) is 6.25. The Balaban J connectivity index is 2.06. The Bertz CT molecular complexity index is 552. The van der Waals surface area contributed by atoms with Crippen LogP contribution in [0.3, 0.4) is 0 Å². The predicted octanol–water partition coefficient (Wildman–Crippen LogP) is 3.46. The molecule has 0 aliphatic rings. The number of ether oxygens (including phenoxy) is 1. The summed E-state index contributed by atoms with van der Waals surface area (Å²) >= 11 is 0. The van der Waals surface area contributed by atoms with Gasteiger partial charge >= 0.3 is 0 Å². The molecule has 100 valence electrons. The van der Waals surface area contributed by atoms with Crippen molar-refractivity contribution in [3.63, 3.8) is 0 Å². The van der Waals surface area contributed by atoms with E-state index in [2.05, 4.69) is 11.4 Å². The molecule has 0 radical (unpaired) electrons. The van der Waals surface area contributed by atoms with Crippen molar-refractivity contribution in [1.82, 2.24) is 0 Å². The first-order chi connectivity index (χ1) is 9.20. The number of anilines is 1. The largest absolute Gasteiger partial charge is 0.507 e. The van der Waals surface area contributed by atoms with E-state index in [4.69, 9.17) is 4.74 Å². The molecule has 0 unspecified atom stereocenters. The van der Waals surface area contributed by atoms with E-state index in [0.29, 0.717) is 18.9 Å². The third kappa shape index (κ3) is 3.48. The Labute approximate surface area is 113 Å². The van der Waals surface area contributed by atoms with Gasteiger partial charge in [-0.3, -0.25) is 0 Å². The van der Waals surface area contributed by atoms with Crippen LogP contribution in [-0.2, 0) is 17.9 Å². The number of hydrogen-bond acceptors (Lipinski definition) is 3. The number of methoxy groups -OCH3 is 1. The first-order valence-corrected chi connectivity index (χ1v) is 6.30. The zero-order valence-electron chi connectivity index (χ0n) is 11.3. The van der Waals surface area contributed by atoms with E-state index >= 15 is 0 Å². The number of nitrogens with one attached hydrogen (secondary N) is 1. The first kappa shape index (κ1) is 13.4. The highest BCUT2D eigenvalue weighted by atomic mass is 16.5. The van der Waals surface area contributed by atoms with E-state index in [1.54, 1.807) is 7.11 Å². The molecule has 0 spiro atoms. The molecule has 19 heavy (non-hydrogen) atoms. The molecule has 0 aromatic heterocycles. The summed E-state index contributed by atoms with van der Waals surface area (Å²) in [5.74, 6) is 0.364. The molecule has 3 nitrogen and oxygen atoms in total. The van der Waals surface area contributed by atoms with Gasteiger partial charge in [0.1, 0.15) is 5.75 Å². The van der Waals surface area contributed by atoms with Gasteiger partial charge in [-0.05, 0) is 30.2 Å². The quantitative estimate of drug-likeness (QED) is 0.862. The topological polar surface area (TPSA) is 41.5 Å². The van der Waals surface area contributed by atoms with Crippen LogP contribution >= 0.6 is 0 Å². The average molecular weight is 257 g/mol. The maximum atomic E-state index is 9.95. The molecule has 2 N–H and O–H groups in total. The fourth-order valence-electron chi connectivity index (χ4n) is 2.00. The summed E-state index contributed by atoms with van der Waals surface area (Å²) in [5.41, 5.74) is 3.95. The van der Waals surface area contributed by atoms with Crippen LogP contribution in [0.2, 0.25) is 0 Å². The monoisotopic (exact) mass is 257 g/mol. The summed E-state index contributed by atoms with van der Waals surface area (Å²) in [6.07, 6.45) is 0. The van der Waals surface area contributed by atoms with Crippen molar-refractivity contribution in [3.05, 3.63) is 59.2 Å². The highest BCUT2D eigenvalue weighted by Crippen LogP contribution is 2.22. The van der Waals surface area contributed by atoms with Gasteiger partial charge < -0.3 is 15.2 Å². The van der Waals surface area contributed by atoms with Crippen molar-refractivity contribution in [2.24, 2.45) is 0 Å². The minimum Gasteiger partial charge on any atom is -0.507 e. The van der Waals surface area contributed by atoms with Crippen LogP contribution in [0, 0.1) is 6.92 Å². The van der Waals surface area contributed by atoms with E-state index in [9.17, 15) is 5.11 Å². The van der Waals surface area contributed by atoms with Crippen LogP contribution in [0.5, 0.6) is 5.75 Å². The highest BCUT2D eigenvalue weighted by Gasteiger charge is 2.03. The fraction of sp³-hybridized carbons (Fsp3) is 0.250. The van der Waals surface area contributed by atoms with Gasteiger partial charge in [-0.25, -0.2) is 0 Å². The summed E-state index contributed by atoms with van der Waals surface area (Å²) in [6.45, 7) is 3.10. The zero-order valence-corrected chi connectivity index (χ0v) is 11.3. The standard InChI is InChI=1S/C16H19NO2/c1-12-5-3-7-14(16(12)18)10-17-15-8-4-6-13(9-15)11-19-2/h3-9,17-18H,10-11H2,1-2H3. The van der Waals surface area contributed by atoms with Crippen LogP contribution in [0.25, 0.3) is 0 Å². The summed E-state index contributed by atoms with van der Waals surface area (Å²) < 4.78 is 5.11. The molecule has 0 heterocycles. The number of phenols is 1. The van der Waals surface area contributed by atoms with Gasteiger partial charge in [0, 0.05) is 24.9 Å². The highest BCUT2D eigenvalue weighted by molar-refractivity contribution is 5.48. The lowest BCUT2D eigenvalue weighted by molar-refractivity contribution is 0.185.